The molecule has 0 aliphatic heterocycles. The zero-order valence-electron chi connectivity index (χ0n) is 13.5. The van der Waals surface area contributed by atoms with Gasteiger partial charge in [0.05, 0.1) is 6.61 Å². The summed E-state index contributed by atoms with van der Waals surface area (Å²) in [5.74, 6) is 1.35. The number of carbonyl (C=O) groups is 1. The van der Waals surface area contributed by atoms with Gasteiger partial charge in [-0.1, -0.05) is 15.9 Å². The summed E-state index contributed by atoms with van der Waals surface area (Å²) in [7, 11) is 0. The van der Waals surface area contributed by atoms with Crippen LogP contribution >= 0.6 is 27.7 Å². The number of aliphatic carboxylic acids is 1. The van der Waals surface area contributed by atoms with Crippen molar-refractivity contribution in [3.63, 3.8) is 0 Å². The number of ether oxygens (including phenoxy) is 2. The van der Waals surface area contributed by atoms with Gasteiger partial charge in [-0.05, 0) is 61.4 Å². The summed E-state index contributed by atoms with van der Waals surface area (Å²) in [6.45, 7) is 4.13. The molecule has 2 aromatic carbocycles. The maximum absolute atomic E-state index is 10.6. The molecule has 0 aromatic heterocycles. The molecular weight excluding hydrogens is 392 g/mol. The van der Waals surface area contributed by atoms with Crippen LogP contribution in [0.1, 0.15) is 11.1 Å². The van der Waals surface area contributed by atoms with Crippen LogP contribution in [0.15, 0.2) is 45.8 Å². The molecule has 24 heavy (non-hydrogen) atoms. The lowest BCUT2D eigenvalue weighted by Gasteiger charge is -2.13. The van der Waals surface area contributed by atoms with E-state index in [1.807, 2.05) is 50.2 Å². The fraction of sp³-hybridized carbons (Fsp3) is 0.278. The molecular formula is C18H19BrO4S. The molecule has 0 amide bonds. The van der Waals surface area contributed by atoms with Crippen LogP contribution < -0.4 is 9.47 Å². The predicted octanol–water partition coefficient (Wildman–Crippen LogP) is 4.70. The highest BCUT2D eigenvalue weighted by Gasteiger charge is 2.09. The van der Waals surface area contributed by atoms with Crippen molar-refractivity contribution >= 4 is 33.7 Å². The second-order valence-corrected chi connectivity index (χ2v) is 7.30. The molecule has 0 saturated carbocycles. The van der Waals surface area contributed by atoms with Gasteiger partial charge >= 0.3 is 5.97 Å². The van der Waals surface area contributed by atoms with Gasteiger partial charge in [-0.3, -0.25) is 0 Å². The van der Waals surface area contributed by atoms with Crippen molar-refractivity contribution in [1.82, 2.24) is 0 Å². The first-order valence-electron chi connectivity index (χ1n) is 7.42. The van der Waals surface area contributed by atoms with Crippen molar-refractivity contribution in [2.24, 2.45) is 0 Å². The monoisotopic (exact) mass is 410 g/mol. The standard InChI is InChI=1S/C18H19BrO4S/c1-12-9-16(10-13(2)18(12)23-11-17(20)21)24-8-7-22-15-5-3-14(19)4-6-15/h3-6,9-10H,7-8,11H2,1-2H3,(H,20,21). The smallest absolute Gasteiger partial charge is 0.341 e. The van der Waals surface area contributed by atoms with E-state index in [4.69, 9.17) is 14.6 Å². The Morgan fingerprint density at radius 3 is 2.33 bits per heavy atom. The number of rotatable bonds is 8. The minimum atomic E-state index is -0.975. The van der Waals surface area contributed by atoms with Gasteiger partial charge in [0, 0.05) is 15.1 Å². The van der Waals surface area contributed by atoms with E-state index in [1.54, 1.807) is 11.8 Å². The molecule has 0 fully saturated rings. The highest BCUT2D eigenvalue weighted by Crippen LogP contribution is 2.29. The van der Waals surface area contributed by atoms with Crippen LogP contribution in [0.4, 0.5) is 0 Å². The Labute approximate surface area is 154 Å². The lowest BCUT2D eigenvalue weighted by Crippen LogP contribution is -2.11. The summed E-state index contributed by atoms with van der Waals surface area (Å²) in [5.41, 5.74) is 1.88. The molecule has 0 spiro atoms. The van der Waals surface area contributed by atoms with E-state index in [2.05, 4.69) is 15.9 Å². The first-order chi connectivity index (χ1) is 11.5. The molecule has 2 aromatic rings. The van der Waals surface area contributed by atoms with E-state index in [1.165, 1.54) is 0 Å². The summed E-state index contributed by atoms with van der Waals surface area (Å²) in [5, 5.41) is 8.72. The van der Waals surface area contributed by atoms with Gasteiger partial charge in [-0.15, -0.1) is 11.8 Å². The second kappa shape index (κ2) is 8.99. The second-order valence-electron chi connectivity index (χ2n) is 5.22. The van der Waals surface area contributed by atoms with Gasteiger partial charge in [-0.25, -0.2) is 4.79 Å². The summed E-state index contributed by atoms with van der Waals surface area (Å²) >= 11 is 5.09. The number of carboxylic acids is 1. The van der Waals surface area contributed by atoms with Crippen LogP contribution in [-0.2, 0) is 4.79 Å². The van der Waals surface area contributed by atoms with E-state index in [9.17, 15) is 4.79 Å². The highest BCUT2D eigenvalue weighted by atomic mass is 79.9. The minimum Gasteiger partial charge on any atom is -0.493 e. The molecule has 1 N–H and O–H groups in total. The molecule has 0 unspecified atom stereocenters. The number of hydrogen-bond acceptors (Lipinski definition) is 4. The van der Waals surface area contributed by atoms with Crippen LogP contribution in [0.5, 0.6) is 11.5 Å². The Morgan fingerprint density at radius 1 is 1.12 bits per heavy atom. The van der Waals surface area contributed by atoms with Crippen LogP contribution in [0.25, 0.3) is 0 Å². The molecule has 2 rings (SSSR count). The average Bonchev–Trinajstić information content (AvgIpc) is 2.52. The Hall–Kier alpha value is -1.66. The summed E-state index contributed by atoms with van der Waals surface area (Å²) < 4.78 is 12.1. The Bertz CT molecular complexity index is 678. The third kappa shape index (κ3) is 5.76. The molecule has 6 heteroatoms. The third-order valence-electron chi connectivity index (χ3n) is 3.21. The van der Waals surface area contributed by atoms with Gasteiger partial charge in [0.15, 0.2) is 6.61 Å². The van der Waals surface area contributed by atoms with Crippen LogP contribution in [0.3, 0.4) is 0 Å². The molecule has 0 heterocycles. The molecule has 0 aliphatic rings. The fourth-order valence-electron chi connectivity index (χ4n) is 2.21. The van der Waals surface area contributed by atoms with Crippen LogP contribution in [0.2, 0.25) is 0 Å². The number of benzene rings is 2. The van der Waals surface area contributed by atoms with Crippen molar-refractivity contribution in [2.75, 3.05) is 19.0 Å². The van der Waals surface area contributed by atoms with Gasteiger partial charge in [0.25, 0.3) is 0 Å². The van der Waals surface area contributed by atoms with Gasteiger partial charge in [-0.2, -0.15) is 0 Å². The van der Waals surface area contributed by atoms with Gasteiger partial charge < -0.3 is 14.6 Å². The lowest BCUT2D eigenvalue weighted by atomic mass is 10.1. The number of aryl methyl sites for hydroxylation is 2. The van der Waals surface area contributed by atoms with Crippen molar-refractivity contribution in [3.05, 3.63) is 52.0 Å². The summed E-state index contributed by atoms with van der Waals surface area (Å²) in [6.07, 6.45) is 0. The SMILES string of the molecule is Cc1cc(SCCOc2ccc(Br)cc2)cc(C)c1OCC(=O)O. The third-order valence-corrected chi connectivity index (χ3v) is 4.68. The molecule has 4 nitrogen and oxygen atoms in total. The number of halogens is 1. The number of thioether (sulfide) groups is 1. The average molecular weight is 411 g/mol. The van der Waals surface area contributed by atoms with Crippen LogP contribution in [-0.4, -0.2) is 30.0 Å². The van der Waals surface area contributed by atoms with E-state index >= 15 is 0 Å². The summed E-state index contributed by atoms with van der Waals surface area (Å²) in [6, 6.07) is 11.8. The largest absolute Gasteiger partial charge is 0.493 e. The van der Waals surface area contributed by atoms with E-state index in [0.717, 1.165) is 32.0 Å². The Kier molecular flexibility index (Phi) is 6.99. The zero-order valence-corrected chi connectivity index (χ0v) is 15.9. The normalized spacial score (nSPS) is 10.5. The molecule has 0 aliphatic carbocycles. The number of carboxylic acid groups (broad SMARTS) is 1. The van der Waals surface area contributed by atoms with Crippen molar-refractivity contribution < 1.29 is 19.4 Å². The molecule has 128 valence electrons. The zero-order chi connectivity index (χ0) is 17.5. The van der Waals surface area contributed by atoms with Gasteiger partial charge in [0.1, 0.15) is 11.5 Å². The first-order valence-corrected chi connectivity index (χ1v) is 9.20. The first kappa shape index (κ1) is 18.7. The quantitative estimate of drug-likeness (QED) is 0.504. The topological polar surface area (TPSA) is 55.8 Å². The van der Waals surface area contributed by atoms with E-state index in [-0.39, 0.29) is 6.61 Å². The van der Waals surface area contributed by atoms with Crippen molar-refractivity contribution in [3.8, 4) is 11.5 Å². The Morgan fingerprint density at radius 2 is 1.75 bits per heavy atom. The highest BCUT2D eigenvalue weighted by molar-refractivity contribution is 9.10. The molecule has 0 radical (unpaired) electrons. The predicted molar refractivity (Wildman–Crippen MR) is 99.4 cm³/mol. The van der Waals surface area contributed by atoms with Crippen molar-refractivity contribution in [1.29, 1.82) is 0 Å². The lowest BCUT2D eigenvalue weighted by molar-refractivity contribution is -0.139. The van der Waals surface area contributed by atoms with E-state index < -0.39 is 5.97 Å². The van der Waals surface area contributed by atoms with Crippen LogP contribution in [0, 0.1) is 13.8 Å². The Balaban J connectivity index is 1.86. The van der Waals surface area contributed by atoms with Gasteiger partial charge in [0.2, 0.25) is 0 Å². The van der Waals surface area contributed by atoms with E-state index in [0.29, 0.717) is 12.4 Å². The molecule has 0 bridgehead atoms. The van der Waals surface area contributed by atoms with Crippen molar-refractivity contribution in [2.45, 2.75) is 18.7 Å². The minimum absolute atomic E-state index is 0.324. The molecule has 0 saturated heterocycles. The number of hydrogen-bond donors (Lipinski definition) is 1. The summed E-state index contributed by atoms with van der Waals surface area (Å²) in [4.78, 5) is 11.7. The fourth-order valence-corrected chi connectivity index (χ4v) is 3.39. The molecule has 0 atom stereocenters. The maximum Gasteiger partial charge on any atom is 0.341 e. The maximum atomic E-state index is 10.6.